The lowest BCUT2D eigenvalue weighted by molar-refractivity contribution is 0.00578. The van der Waals surface area contributed by atoms with Crippen molar-refractivity contribution in [3.05, 3.63) is 24.0 Å². The van der Waals surface area contributed by atoms with Crippen molar-refractivity contribution < 1.29 is 21.6 Å². The van der Waals surface area contributed by atoms with E-state index >= 15 is 0 Å². The van der Waals surface area contributed by atoms with Crippen molar-refractivity contribution in [2.75, 3.05) is 0 Å². The van der Waals surface area contributed by atoms with Gasteiger partial charge in [0.1, 0.15) is 0 Å². The van der Waals surface area contributed by atoms with Crippen LogP contribution in [0, 0.1) is 0 Å². The molecule has 4 heteroatoms. The molecule has 0 aromatic carbocycles. The third-order valence-electron chi connectivity index (χ3n) is 3.69. The largest absolute Gasteiger partial charge is 0.496 e. The molecule has 0 aliphatic carbocycles. The van der Waals surface area contributed by atoms with Crippen molar-refractivity contribution in [2.45, 2.75) is 64.9 Å². The van der Waals surface area contributed by atoms with Crippen LogP contribution in [0.15, 0.2) is 18.3 Å². The van der Waals surface area contributed by atoms with Crippen LogP contribution in [0.4, 0.5) is 0 Å². The summed E-state index contributed by atoms with van der Waals surface area (Å²) < 4.78 is 81.1. The molecule has 0 saturated carbocycles. The number of hydrogen-bond acceptors (Lipinski definition) is 3. The Kier molecular flexibility index (Phi) is 1.74. The number of nitrogens with zero attached hydrogens (tertiary/aromatic N) is 1. The third-order valence-corrected chi connectivity index (χ3v) is 3.69. The fourth-order valence-electron chi connectivity index (χ4n) is 1.74. The minimum absolute atomic E-state index is 0.449. The van der Waals surface area contributed by atoms with Crippen molar-refractivity contribution in [2.24, 2.45) is 0 Å². The van der Waals surface area contributed by atoms with E-state index in [1.807, 2.05) is 27.7 Å². The van der Waals surface area contributed by atoms with Crippen LogP contribution >= 0.6 is 0 Å². The summed E-state index contributed by atoms with van der Waals surface area (Å²) in [6.45, 7) is 0.845. The van der Waals surface area contributed by atoms with Crippen molar-refractivity contribution in [1.29, 1.82) is 0 Å². The molecule has 0 N–H and O–H groups in total. The Morgan fingerprint density at radius 1 is 1.37 bits per heavy atom. The summed E-state index contributed by atoms with van der Waals surface area (Å²) >= 11 is 0. The molecule has 2 rings (SSSR count). The fraction of sp³-hybridized carbons (Fsp3) is 0.667. The second-order valence-electron chi connectivity index (χ2n) is 5.57. The van der Waals surface area contributed by atoms with Gasteiger partial charge in [-0.2, -0.15) is 0 Å². The Bertz CT molecular complexity index is 715. The fourth-order valence-corrected chi connectivity index (χ4v) is 1.74. The van der Waals surface area contributed by atoms with Crippen LogP contribution in [0.5, 0.6) is 0 Å². The van der Waals surface area contributed by atoms with Gasteiger partial charge in [-0.05, 0) is 46.0 Å². The predicted molar refractivity (Wildman–Crippen MR) is 78.7 cm³/mol. The van der Waals surface area contributed by atoms with Crippen molar-refractivity contribution in [3.63, 3.8) is 0 Å². The summed E-state index contributed by atoms with van der Waals surface area (Å²) in [5.74, 6) is -3.10. The molecule has 1 atom stereocenters. The van der Waals surface area contributed by atoms with Gasteiger partial charge in [0.25, 0.3) is 0 Å². The molecule has 3 nitrogen and oxygen atoms in total. The predicted octanol–water partition coefficient (Wildman–Crippen LogP) is 2.89. The van der Waals surface area contributed by atoms with E-state index in [9.17, 15) is 0 Å². The molecular formula is C15H24BNO2. The number of pyridine rings is 1. The summed E-state index contributed by atoms with van der Waals surface area (Å²) in [7, 11) is -0.779. The molecule has 1 fully saturated rings. The number of rotatable bonds is 3. The standard InChI is InChI=1S/C15H24BNO2/c1-7-11(2)13-9-8-12(10-17-13)16-18-14(3,4)15(5,6)19-16/h8-11H,7H2,1-6H3/i1D3,2D3,7D2,11D. The second-order valence-corrected chi connectivity index (χ2v) is 5.57. The first-order valence-electron chi connectivity index (χ1n) is 10.6. The first kappa shape index (κ1) is 6.73. The van der Waals surface area contributed by atoms with Gasteiger partial charge in [-0.15, -0.1) is 0 Å². The lowest BCUT2D eigenvalue weighted by atomic mass is 9.80. The molecule has 0 spiro atoms. The highest BCUT2D eigenvalue weighted by Gasteiger charge is 2.51. The molecule has 2 heterocycles. The van der Waals surface area contributed by atoms with E-state index in [2.05, 4.69) is 4.98 Å². The van der Waals surface area contributed by atoms with E-state index in [-0.39, 0.29) is 0 Å². The number of aromatic nitrogens is 1. The van der Waals surface area contributed by atoms with E-state index in [4.69, 9.17) is 21.6 Å². The quantitative estimate of drug-likeness (QED) is 0.791. The van der Waals surface area contributed by atoms with Crippen molar-refractivity contribution in [3.8, 4) is 0 Å². The number of hydrogen-bond donors (Lipinski definition) is 0. The summed E-state index contributed by atoms with van der Waals surface area (Å²) in [5.41, 5.74) is -1.27. The Hall–Kier alpha value is -0.865. The molecule has 0 radical (unpaired) electrons. The normalized spacial score (nSPS) is 33.3. The first-order chi connectivity index (χ1) is 12.3. The zero-order valence-corrected chi connectivity index (χ0v) is 11.6. The van der Waals surface area contributed by atoms with E-state index in [0.717, 1.165) is 6.07 Å². The molecule has 0 bridgehead atoms. The van der Waals surface area contributed by atoms with E-state index in [1.165, 1.54) is 12.3 Å². The molecule has 0 amide bonds. The average molecular weight is 270 g/mol. The van der Waals surface area contributed by atoms with Gasteiger partial charge in [-0.25, -0.2) is 0 Å². The molecule has 1 aromatic heterocycles. The van der Waals surface area contributed by atoms with E-state index in [0.29, 0.717) is 5.46 Å². The minimum atomic E-state index is -3.37. The summed E-state index contributed by atoms with van der Waals surface area (Å²) in [6.07, 6.45) is -2.15. The van der Waals surface area contributed by atoms with Crippen LogP contribution < -0.4 is 5.46 Å². The molecule has 1 aliphatic rings. The maximum absolute atomic E-state index is 8.35. The van der Waals surface area contributed by atoms with Gasteiger partial charge in [0, 0.05) is 29.7 Å². The Labute approximate surface area is 129 Å². The second kappa shape index (κ2) is 4.91. The first-order valence-corrected chi connectivity index (χ1v) is 6.10. The third kappa shape index (κ3) is 2.70. The van der Waals surface area contributed by atoms with Crippen LogP contribution in [0.3, 0.4) is 0 Å². The van der Waals surface area contributed by atoms with E-state index in [1.54, 1.807) is 0 Å². The topological polar surface area (TPSA) is 31.4 Å². The smallest absolute Gasteiger partial charge is 0.399 e. The van der Waals surface area contributed by atoms with Gasteiger partial charge in [0.2, 0.25) is 0 Å². The maximum atomic E-state index is 8.35. The molecule has 1 aromatic rings. The Morgan fingerprint density at radius 2 is 2.05 bits per heavy atom. The van der Waals surface area contributed by atoms with Gasteiger partial charge in [-0.1, -0.05) is 19.8 Å². The van der Waals surface area contributed by atoms with E-state index < -0.39 is 50.0 Å². The lowest BCUT2D eigenvalue weighted by Crippen LogP contribution is -2.41. The molecular weight excluding hydrogens is 237 g/mol. The minimum Gasteiger partial charge on any atom is -0.399 e. The van der Waals surface area contributed by atoms with Crippen LogP contribution in [-0.2, 0) is 9.31 Å². The summed E-state index contributed by atoms with van der Waals surface area (Å²) in [6, 6.07) is 2.55. The van der Waals surface area contributed by atoms with Crippen LogP contribution in [-0.4, -0.2) is 23.3 Å². The van der Waals surface area contributed by atoms with Crippen LogP contribution in [0.2, 0.25) is 0 Å². The monoisotopic (exact) mass is 270 g/mol. The van der Waals surface area contributed by atoms with Gasteiger partial charge < -0.3 is 9.31 Å². The highest BCUT2D eigenvalue weighted by molar-refractivity contribution is 6.62. The highest BCUT2D eigenvalue weighted by atomic mass is 16.7. The molecule has 1 saturated heterocycles. The summed E-state index contributed by atoms with van der Waals surface area (Å²) in [4.78, 5) is 3.94. The van der Waals surface area contributed by atoms with Crippen molar-refractivity contribution >= 4 is 12.6 Å². The van der Waals surface area contributed by atoms with Gasteiger partial charge in [0.05, 0.1) is 11.2 Å². The Balaban J connectivity index is 2.47. The Morgan fingerprint density at radius 3 is 2.53 bits per heavy atom. The highest BCUT2D eigenvalue weighted by Crippen LogP contribution is 2.36. The van der Waals surface area contributed by atoms with Gasteiger partial charge in [-0.3, -0.25) is 4.98 Å². The summed E-state index contributed by atoms with van der Waals surface area (Å²) in [5, 5.41) is 0. The average Bonchev–Trinajstić information content (AvgIpc) is 2.72. The molecule has 1 unspecified atom stereocenters. The molecule has 1 aliphatic heterocycles. The zero-order chi connectivity index (χ0) is 22.0. The van der Waals surface area contributed by atoms with Crippen LogP contribution in [0.1, 0.15) is 71.7 Å². The van der Waals surface area contributed by atoms with Gasteiger partial charge >= 0.3 is 7.12 Å². The lowest BCUT2D eigenvalue weighted by Gasteiger charge is -2.32. The van der Waals surface area contributed by atoms with Gasteiger partial charge in [0.15, 0.2) is 0 Å². The maximum Gasteiger partial charge on any atom is 0.496 e. The van der Waals surface area contributed by atoms with Crippen LogP contribution in [0.25, 0.3) is 0 Å². The SMILES string of the molecule is [2H]C([2H])([2H])C([2H])([2H])C([2H])(c1ccc(B2OC(C)(C)C(C)(C)O2)cn1)C([2H])([2H])[2H]. The van der Waals surface area contributed by atoms with Crippen molar-refractivity contribution in [1.82, 2.24) is 4.98 Å². The molecule has 104 valence electrons. The zero-order valence-electron chi connectivity index (χ0n) is 20.6. The molecule has 19 heavy (non-hydrogen) atoms.